The molecule has 1 atom stereocenters. The molecular weight excluding hydrogens is 352 g/mol. The topological polar surface area (TPSA) is 35.5 Å². The summed E-state index contributed by atoms with van der Waals surface area (Å²) < 4.78 is 58.6. The van der Waals surface area contributed by atoms with Crippen LogP contribution in [0.4, 0.5) is 17.6 Å². The molecule has 0 saturated heterocycles. The molecule has 0 spiro atoms. The molecule has 26 heavy (non-hydrogen) atoms. The summed E-state index contributed by atoms with van der Waals surface area (Å²) in [6.07, 6.45) is -1.26. The molecule has 0 bridgehead atoms. The summed E-state index contributed by atoms with van der Waals surface area (Å²) >= 11 is 0. The third-order valence-corrected chi connectivity index (χ3v) is 4.69. The van der Waals surface area contributed by atoms with Gasteiger partial charge in [-0.3, -0.25) is 4.79 Å². The van der Waals surface area contributed by atoms with Crippen LogP contribution in [0.1, 0.15) is 51.9 Å². The molecule has 1 aromatic rings. The lowest BCUT2D eigenvalue weighted by Gasteiger charge is -2.27. The van der Waals surface area contributed by atoms with Gasteiger partial charge in [0.1, 0.15) is 11.5 Å². The lowest BCUT2D eigenvalue weighted by molar-refractivity contribution is -0.236. The maximum absolute atomic E-state index is 12.8. The summed E-state index contributed by atoms with van der Waals surface area (Å²) in [6, 6.07) is 4.87. The van der Waals surface area contributed by atoms with Gasteiger partial charge in [-0.1, -0.05) is 26.2 Å². The second-order valence-electron chi connectivity index (χ2n) is 6.73. The molecule has 0 N–H and O–H groups in total. The third kappa shape index (κ3) is 6.18. The Morgan fingerprint density at radius 1 is 1.12 bits per heavy atom. The van der Waals surface area contributed by atoms with Gasteiger partial charge in [-0.25, -0.2) is 0 Å². The van der Waals surface area contributed by atoms with Crippen LogP contribution in [0.5, 0.6) is 11.5 Å². The zero-order valence-corrected chi connectivity index (χ0v) is 14.7. The van der Waals surface area contributed by atoms with Crippen LogP contribution < -0.4 is 9.47 Å². The molecule has 7 heteroatoms. The van der Waals surface area contributed by atoms with Gasteiger partial charge in [0.05, 0.1) is 5.92 Å². The minimum Gasteiger partial charge on any atom is -0.452 e. The Bertz CT molecular complexity index is 563. The average Bonchev–Trinajstić information content (AvgIpc) is 2.61. The number of rotatable bonds is 7. The van der Waals surface area contributed by atoms with Gasteiger partial charge in [-0.15, -0.1) is 0 Å². The third-order valence-electron chi connectivity index (χ3n) is 4.69. The highest BCUT2D eigenvalue weighted by molar-refractivity contribution is 5.75. The van der Waals surface area contributed by atoms with Gasteiger partial charge in [0.2, 0.25) is 0 Å². The van der Waals surface area contributed by atoms with E-state index in [0.29, 0.717) is 5.92 Å². The first-order valence-electron chi connectivity index (χ1n) is 8.98. The molecule has 1 aromatic carbocycles. The Morgan fingerprint density at radius 2 is 1.69 bits per heavy atom. The van der Waals surface area contributed by atoms with Crippen molar-refractivity contribution >= 4 is 5.97 Å². The smallest absolute Gasteiger partial charge is 0.452 e. The summed E-state index contributed by atoms with van der Waals surface area (Å²) in [4.78, 5) is 12.2. The standard InChI is InChI=1S/C19H24F4O3/c1-2-3-4-13-5-7-14(8-6-13)17(24)25-15-9-11-16(12-10-15)26-18(20)19(21,22)23/h9-14,18H,2-8H2,1H3. The summed E-state index contributed by atoms with van der Waals surface area (Å²) in [7, 11) is 0. The largest absolute Gasteiger partial charge is 0.457 e. The van der Waals surface area contributed by atoms with Crippen molar-refractivity contribution in [3.8, 4) is 11.5 Å². The Labute approximate surface area is 150 Å². The monoisotopic (exact) mass is 376 g/mol. The zero-order valence-electron chi connectivity index (χ0n) is 14.7. The van der Waals surface area contributed by atoms with Crippen molar-refractivity contribution in [1.82, 2.24) is 0 Å². The van der Waals surface area contributed by atoms with E-state index in [4.69, 9.17) is 4.74 Å². The van der Waals surface area contributed by atoms with Gasteiger partial charge in [0, 0.05) is 0 Å². The lowest BCUT2D eigenvalue weighted by atomic mass is 9.80. The van der Waals surface area contributed by atoms with E-state index in [-0.39, 0.29) is 23.4 Å². The van der Waals surface area contributed by atoms with Gasteiger partial charge in [0.25, 0.3) is 0 Å². The molecule has 146 valence electrons. The number of unbranched alkanes of at least 4 members (excludes halogenated alkanes) is 1. The normalized spacial score (nSPS) is 21.9. The quantitative estimate of drug-likeness (QED) is 0.341. The summed E-state index contributed by atoms with van der Waals surface area (Å²) in [5, 5.41) is 0. The molecule has 1 aliphatic rings. The van der Waals surface area contributed by atoms with Crippen molar-refractivity contribution in [2.75, 3.05) is 0 Å². The van der Waals surface area contributed by atoms with Gasteiger partial charge in [-0.05, 0) is 55.9 Å². The van der Waals surface area contributed by atoms with E-state index in [1.54, 1.807) is 0 Å². The van der Waals surface area contributed by atoms with Gasteiger partial charge >= 0.3 is 18.5 Å². The van der Waals surface area contributed by atoms with E-state index in [2.05, 4.69) is 11.7 Å². The second kappa shape index (κ2) is 9.24. The Balaban J connectivity index is 1.81. The molecule has 0 amide bonds. The Morgan fingerprint density at radius 3 is 2.23 bits per heavy atom. The van der Waals surface area contributed by atoms with Gasteiger partial charge in [-0.2, -0.15) is 17.6 Å². The molecule has 1 aliphatic carbocycles. The van der Waals surface area contributed by atoms with Crippen molar-refractivity contribution in [3.05, 3.63) is 24.3 Å². The second-order valence-corrected chi connectivity index (χ2v) is 6.73. The van der Waals surface area contributed by atoms with Crippen LogP contribution in [0.3, 0.4) is 0 Å². The van der Waals surface area contributed by atoms with Crippen molar-refractivity contribution in [2.24, 2.45) is 11.8 Å². The lowest BCUT2D eigenvalue weighted by Crippen LogP contribution is -2.29. The number of benzene rings is 1. The summed E-state index contributed by atoms with van der Waals surface area (Å²) in [5.74, 6) is 0.122. The molecule has 1 unspecified atom stereocenters. The molecule has 0 radical (unpaired) electrons. The SMILES string of the molecule is CCCCC1CCC(C(=O)Oc2ccc(OC(F)C(F)(F)F)cc2)CC1. The highest BCUT2D eigenvalue weighted by Gasteiger charge is 2.42. The van der Waals surface area contributed by atoms with Crippen molar-refractivity contribution < 1.29 is 31.8 Å². The number of hydrogen-bond donors (Lipinski definition) is 0. The van der Waals surface area contributed by atoms with Gasteiger partial charge in [0.15, 0.2) is 0 Å². The van der Waals surface area contributed by atoms with Crippen LogP contribution in [0.25, 0.3) is 0 Å². The highest BCUT2D eigenvalue weighted by Crippen LogP contribution is 2.33. The summed E-state index contributed by atoms with van der Waals surface area (Å²) in [5.41, 5.74) is 0. The molecule has 2 rings (SSSR count). The number of carbonyl (C=O) groups excluding carboxylic acids is 1. The Kier molecular flexibility index (Phi) is 7.29. The van der Waals surface area contributed by atoms with Crippen LogP contribution in [0, 0.1) is 11.8 Å². The number of ether oxygens (including phenoxy) is 2. The summed E-state index contributed by atoms with van der Waals surface area (Å²) in [6.45, 7) is 2.16. The molecule has 0 heterocycles. The highest BCUT2D eigenvalue weighted by atomic mass is 19.4. The van der Waals surface area contributed by atoms with E-state index in [0.717, 1.165) is 37.8 Å². The molecular formula is C19H24F4O3. The van der Waals surface area contributed by atoms with Crippen LogP contribution >= 0.6 is 0 Å². The fraction of sp³-hybridized carbons (Fsp3) is 0.632. The van der Waals surface area contributed by atoms with Crippen molar-refractivity contribution in [1.29, 1.82) is 0 Å². The van der Waals surface area contributed by atoms with Crippen molar-refractivity contribution in [3.63, 3.8) is 0 Å². The predicted molar refractivity (Wildman–Crippen MR) is 88.6 cm³/mol. The van der Waals surface area contributed by atoms with E-state index >= 15 is 0 Å². The van der Waals surface area contributed by atoms with E-state index in [1.807, 2.05) is 0 Å². The maximum atomic E-state index is 12.8. The predicted octanol–water partition coefficient (Wildman–Crippen LogP) is 5.83. The van der Waals surface area contributed by atoms with E-state index in [9.17, 15) is 22.4 Å². The van der Waals surface area contributed by atoms with Gasteiger partial charge < -0.3 is 9.47 Å². The number of alkyl halides is 4. The number of halogens is 4. The van der Waals surface area contributed by atoms with Crippen molar-refractivity contribution in [2.45, 2.75) is 64.4 Å². The van der Waals surface area contributed by atoms with E-state index < -0.39 is 12.5 Å². The molecule has 3 nitrogen and oxygen atoms in total. The average molecular weight is 376 g/mol. The van der Waals surface area contributed by atoms with Crippen LogP contribution in [-0.2, 0) is 4.79 Å². The van der Waals surface area contributed by atoms with Crippen LogP contribution in [0.15, 0.2) is 24.3 Å². The number of esters is 1. The first-order valence-corrected chi connectivity index (χ1v) is 8.98. The Hall–Kier alpha value is -1.79. The molecule has 1 fully saturated rings. The first-order chi connectivity index (χ1) is 12.3. The minimum atomic E-state index is -5.08. The minimum absolute atomic E-state index is 0.149. The zero-order chi connectivity index (χ0) is 19.2. The maximum Gasteiger partial charge on any atom is 0.457 e. The fourth-order valence-electron chi connectivity index (χ4n) is 3.15. The van der Waals surface area contributed by atoms with E-state index in [1.165, 1.54) is 31.4 Å². The number of carbonyl (C=O) groups is 1. The van der Waals surface area contributed by atoms with Crippen LogP contribution in [0.2, 0.25) is 0 Å². The molecule has 1 saturated carbocycles. The molecule has 0 aromatic heterocycles. The molecule has 0 aliphatic heterocycles. The fourth-order valence-corrected chi connectivity index (χ4v) is 3.15. The first kappa shape index (κ1) is 20.5. The number of hydrogen-bond acceptors (Lipinski definition) is 3. The van der Waals surface area contributed by atoms with Crippen LogP contribution in [-0.4, -0.2) is 18.5 Å².